The molecule has 1 aliphatic rings. The van der Waals surface area contributed by atoms with E-state index in [1.54, 1.807) is 0 Å². The molecular formula is C10H20N2O. The molecule has 0 aliphatic carbocycles. The molecule has 1 aliphatic heterocycles. The molecule has 2 unspecified atom stereocenters. The molecule has 1 rings (SSSR count). The van der Waals surface area contributed by atoms with Crippen LogP contribution in [0.1, 0.15) is 13.3 Å². The minimum Gasteiger partial charge on any atom is -0.396 e. The largest absolute Gasteiger partial charge is 0.396 e. The normalized spacial score (nSPS) is 30.3. The summed E-state index contributed by atoms with van der Waals surface area (Å²) < 4.78 is 0. The second kappa shape index (κ2) is 5.37. The van der Waals surface area contributed by atoms with E-state index in [2.05, 4.69) is 23.7 Å². The van der Waals surface area contributed by atoms with Crippen LogP contribution in [0, 0.1) is 0 Å². The van der Waals surface area contributed by atoms with E-state index in [0.717, 1.165) is 26.1 Å². The van der Waals surface area contributed by atoms with Gasteiger partial charge in [-0.25, -0.2) is 0 Å². The van der Waals surface area contributed by atoms with Crippen LogP contribution in [0.4, 0.5) is 0 Å². The summed E-state index contributed by atoms with van der Waals surface area (Å²) >= 11 is 0. The molecule has 13 heavy (non-hydrogen) atoms. The van der Waals surface area contributed by atoms with Crippen molar-refractivity contribution in [1.82, 2.24) is 10.2 Å². The van der Waals surface area contributed by atoms with E-state index in [-0.39, 0.29) is 6.61 Å². The van der Waals surface area contributed by atoms with Gasteiger partial charge in [0.25, 0.3) is 0 Å². The number of hydrogen-bond donors (Lipinski definition) is 2. The molecule has 3 heteroatoms. The van der Waals surface area contributed by atoms with Crippen LogP contribution >= 0.6 is 0 Å². The van der Waals surface area contributed by atoms with Crippen LogP contribution in [0.5, 0.6) is 0 Å². The molecule has 3 nitrogen and oxygen atoms in total. The lowest BCUT2D eigenvalue weighted by Crippen LogP contribution is -2.55. The van der Waals surface area contributed by atoms with Gasteiger partial charge in [-0.3, -0.25) is 4.90 Å². The highest BCUT2D eigenvalue weighted by Crippen LogP contribution is 2.06. The molecule has 0 aromatic rings. The van der Waals surface area contributed by atoms with E-state index < -0.39 is 0 Å². The number of aliphatic hydroxyl groups is 1. The number of rotatable bonds is 4. The number of nitrogens with one attached hydrogen (secondary N) is 1. The van der Waals surface area contributed by atoms with Crippen molar-refractivity contribution in [3.63, 3.8) is 0 Å². The molecule has 2 N–H and O–H groups in total. The third-order valence-corrected chi connectivity index (χ3v) is 2.40. The average molecular weight is 184 g/mol. The molecule has 0 amide bonds. The first-order chi connectivity index (χ1) is 6.26. The van der Waals surface area contributed by atoms with Gasteiger partial charge < -0.3 is 10.4 Å². The molecule has 76 valence electrons. The Kier molecular flexibility index (Phi) is 4.42. The molecule has 0 aromatic carbocycles. The fraction of sp³-hybridized carbons (Fsp3) is 0.800. The topological polar surface area (TPSA) is 35.5 Å². The molecule has 1 saturated heterocycles. The lowest BCUT2D eigenvalue weighted by molar-refractivity contribution is 0.158. The predicted octanol–water partition coefficient (Wildman–Crippen LogP) is 0.217. The van der Waals surface area contributed by atoms with Crippen molar-refractivity contribution < 1.29 is 5.11 Å². The maximum absolute atomic E-state index is 8.84. The van der Waals surface area contributed by atoms with Crippen molar-refractivity contribution in [3.8, 4) is 0 Å². The Balaban J connectivity index is 2.37. The van der Waals surface area contributed by atoms with E-state index in [0.29, 0.717) is 12.1 Å². The second-order valence-electron chi connectivity index (χ2n) is 3.78. The van der Waals surface area contributed by atoms with Crippen molar-refractivity contribution >= 4 is 0 Å². The Hall–Kier alpha value is -0.380. The summed E-state index contributed by atoms with van der Waals surface area (Å²) in [5, 5.41) is 12.3. The molecule has 0 bridgehead atoms. The Morgan fingerprint density at radius 2 is 2.38 bits per heavy atom. The zero-order chi connectivity index (χ0) is 9.68. The molecule has 0 spiro atoms. The Morgan fingerprint density at radius 3 is 3.00 bits per heavy atom. The monoisotopic (exact) mass is 184 g/mol. The van der Waals surface area contributed by atoms with Crippen molar-refractivity contribution in [2.75, 3.05) is 26.2 Å². The van der Waals surface area contributed by atoms with Crippen LogP contribution in [0.25, 0.3) is 0 Å². The number of nitrogens with zero attached hydrogens (tertiary/aromatic N) is 1. The van der Waals surface area contributed by atoms with E-state index >= 15 is 0 Å². The summed E-state index contributed by atoms with van der Waals surface area (Å²) in [4.78, 5) is 2.37. The van der Waals surface area contributed by atoms with Crippen molar-refractivity contribution in [2.45, 2.75) is 25.4 Å². The first kappa shape index (κ1) is 10.7. The third kappa shape index (κ3) is 3.46. The molecule has 0 saturated carbocycles. The van der Waals surface area contributed by atoms with Crippen LogP contribution in [0.2, 0.25) is 0 Å². The summed E-state index contributed by atoms with van der Waals surface area (Å²) in [5.41, 5.74) is 0. The fourth-order valence-corrected chi connectivity index (χ4v) is 1.94. The Labute approximate surface area is 80.4 Å². The zero-order valence-corrected chi connectivity index (χ0v) is 8.37. The Morgan fingerprint density at radius 1 is 1.62 bits per heavy atom. The minimum absolute atomic E-state index is 0.270. The summed E-state index contributed by atoms with van der Waals surface area (Å²) in [7, 11) is 0. The van der Waals surface area contributed by atoms with E-state index in [9.17, 15) is 0 Å². The quantitative estimate of drug-likeness (QED) is 0.613. The molecular weight excluding hydrogens is 164 g/mol. The number of hydrogen-bond acceptors (Lipinski definition) is 3. The number of aliphatic hydroxyl groups excluding tert-OH is 1. The minimum atomic E-state index is 0.270. The average Bonchev–Trinajstić information content (AvgIpc) is 2.04. The summed E-state index contributed by atoms with van der Waals surface area (Å²) in [5.74, 6) is 0. The van der Waals surface area contributed by atoms with Gasteiger partial charge in [0, 0.05) is 38.3 Å². The van der Waals surface area contributed by atoms with Gasteiger partial charge in [-0.15, -0.1) is 6.58 Å². The maximum Gasteiger partial charge on any atom is 0.0446 e. The van der Waals surface area contributed by atoms with Gasteiger partial charge in [0.1, 0.15) is 0 Å². The third-order valence-electron chi connectivity index (χ3n) is 2.40. The maximum atomic E-state index is 8.84. The van der Waals surface area contributed by atoms with Gasteiger partial charge in [0.15, 0.2) is 0 Å². The highest BCUT2D eigenvalue weighted by molar-refractivity contribution is 4.86. The van der Waals surface area contributed by atoms with Gasteiger partial charge in [-0.1, -0.05) is 6.08 Å². The smallest absolute Gasteiger partial charge is 0.0446 e. The van der Waals surface area contributed by atoms with Crippen LogP contribution in [0.15, 0.2) is 12.7 Å². The van der Waals surface area contributed by atoms with Crippen molar-refractivity contribution in [2.24, 2.45) is 0 Å². The first-order valence-corrected chi connectivity index (χ1v) is 4.96. The molecule has 0 radical (unpaired) electrons. The standard InChI is InChI=1S/C10H20N2O/c1-3-5-12-7-9(2)11-10(8-12)4-6-13/h3,9-11,13H,1,4-8H2,2H3. The molecule has 1 heterocycles. The van der Waals surface area contributed by atoms with E-state index in [1.165, 1.54) is 0 Å². The van der Waals surface area contributed by atoms with Crippen molar-refractivity contribution in [1.29, 1.82) is 0 Å². The van der Waals surface area contributed by atoms with Gasteiger partial charge >= 0.3 is 0 Å². The van der Waals surface area contributed by atoms with Gasteiger partial charge in [-0.2, -0.15) is 0 Å². The molecule has 0 aromatic heterocycles. The summed E-state index contributed by atoms with van der Waals surface area (Å²) in [6.07, 6.45) is 2.78. The van der Waals surface area contributed by atoms with E-state index in [4.69, 9.17) is 5.11 Å². The van der Waals surface area contributed by atoms with Crippen molar-refractivity contribution in [3.05, 3.63) is 12.7 Å². The Bertz CT molecular complexity index is 161. The van der Waals surface area contributed by atoms with Crippen LogP contribution in [0.3, 0.4) is 0 Å². The van der Waals surface area contributed by atoms with Crippen LogP contribution in [-0.2, 0) is 0 Å². The first-order valence-electron chi connectivity index (χ1n) is 4.96. The highest BCUT2D eigenvalue weighted by atomic mass is 16.3. The highest BCUT2D eigenvalue weighted by Gasteiger charge is 2.22. The summed E-state index contributed by atoms with van der Waals surface area (Å²) in [6, 6.07) is 0.957. The molecule has 2 atom stereocenters. The van der Waals surface area contributed by atoms with E-state index in [1.807, 2.05) is 6.08 Å². The predicted molar refractivity (Wildman–Crippen MR) is 54.7 cm³/mol. The van der Waals surface area contributed by atoms with Gasteiger partial charge in [0.05, 0.1) is 0 Å². The lowest BCUT2D eigenvalue weighted by atomic mass is 10.1. The SMILES string of the molecule is C=CCN1CC(C)NC(CCO)C1. The lowest BCUT2D eigenvalue weighted by Gasteiger charge is -2.36. The molecule has 1 fully saturated rings. The fourth-order valence-electron chi connectivity index (χ4n) is 1.94. The second-order valence-corrected chi connectivity index (χ2v) is 3.78. The van der Waals surface area contributed by atoms with Gasteiger partial charge in [-0.05, 0) is 13.3 Å². The van der Waals surface area contributed by atoms with Crippen LogP contribution in [-0.4, -0.2) is 48.3 Å². The van der Waals surface area contributed by atoms with Gasteiger partial charge in [0.2, 0.25) is 0 Å². The number of piperazine rings is 1. The summed E-state index contributed by atoms with van der Waals surface area (Å²) in [6.45, 7) is 9.24. The zero-order valence-electron chi connectivity index (χ0n) is 8.37. The van der Waals surface area contributed by atoms with Crippen LogP contribution < -0.4 is 5.32 Å².